The van der Waals surface area contributed by atoms with Crippen LogP contribution in [0.15, 0.2) is 30.6 Å². The monoisotopic (exact) mass is 266 g/mol. The fourth-order valence-corrected chi connectivity index (χ4v) is 1.33. The highest BCUT2D eigenvalue weighted by Crippen LogP contribution is 2.31. The van der Waals surface area contributed by atoms with E-state index >= 15 is 0 Å². The van der Waals surface area contributed by atoms with Gasteiger partial charge in [-0.2, -0.15) is 0 Å². The Hall–Kier alpha value is -2.41. The highest BCUT2D eigenvalue weighted by atomic mass is 35.5. The molecule has 2 rings (SSSR count). The number of nitrogen functional groups attached to an aromatic ring is 1. The Kier molecular flexibility index (Phi) is 3.24. The number of hydrogen-bond acceptors (Lipinski definition) is 6. The molecule has 0 saturated carbocycles. The van der Waals surface area contributed by atoms with Crippen LogP contribution in [0.1, 0.15) is 0 Å². The fraction of sp³-hybridized carbons (Fsp3) is 0. The van der Waals surface area contributed by atoms with Crippen molar-refractivity contribution >= 4 is 23.1 Å². The van der Waals surface area contributed by atoms with E-state index in [0.29, 0.717) is 0 Å². The molecule has 0 atom stereocenters. The summed E-state index contributed by atoms with van der Waals surface area (Å²) in [7, 11) is 0. The maximum absolute atomic E-state index is 10.6. The van der Waals surface area contributed by atoms with E-state index in [1.165, 1.54) is 30.6 Å². The van der Waals surface area contributed by atoms with Crippen LogP contribution in [0.5, 0.6) is 11.6 Å². The van der Waals surface area contributed by atoms with Gasteiger partial charge >= 0.3 is 0 Å². The molecule has 1 heterocycles. The third-order valence-corrected chi connectivity index (χ3v) is 2.30. The van der Waals surface area contributed by atoms with Crippen LogP contribution >= 0.6 is 11.6 Å². The maximum atomic E-state index is 10.6. The fourth-order valence-electron chi connectivity index (χ4n) is 1.18. The molecule has 0 unspecified atom stereocenters. The van der Waals surface area contributed by atoms with Crippen LogP contribution < -0.4 is 10.5 Å². The van der Waals surface area contributed by atoms with E-state index in [4.69, 9.17) is 22.1 Å². The van der Waals surface area contributed by atoms with Gasteiger partial charge in [0.15, 0.2) is 5.75 Å². The van der Waals surface area contributed by atoms with E-state index in [-0.39, 0.29) is 28.2 Å². The van der Waals surface area contributed by atoms with E-state index in [9.17, 15) is 10.1 Å². The largest absolute Gasteiger partial charge is 0.436 e. The lowest BCUT2D eigenvalue weighted by atomic mass is 10.3. The van der Waals surface area contributed by atoms with Gasteiger partial charge in [-0.1, -0.05) is 11.6 Å². The number of nitrogens with zero attached hydrogens (tertiary/aromatic N) is 3. The summed E-state index contributed by atoms with van der Waals surface area (Å²) in [6.07, 6.45) is 2.60. The van der Waals surface area contributed by atoms with Gasteiger partial charge in [0.2, 0.25) is 5.88 Å². The van der Waals surface area contributed by atoms with Crippen molar-refractivity contribution < 1.29 is 9.66 Å². The Balaban J connectivity index is 2.30. The number of nitro benzene ring substituents is 1. The molecule has 0 fully saturated rings. The molecule has 0 amide bonds. The van der Waals surface area contributed by atoms with Gasteiger partial charge in [-0.15, -0.1) is 0 Å². The minimum Gasteiger partial charge on any atom is -0.436 e. The Morgan fingerprint density at radius 2 is 2.11 bits per heavy atom. The molecule has 8 heteroatoms. The molecule has 92 valence electrons. The lowest BCUT2D eigenvalue weighted by Gasteiger charge is -2.05. The van der Waals surface area contributed by atoms with Gasteiger partial charge in [0, 0.05) is 6.07 Å². The number of benzene rings is 1. The molecular weight excluding hydrogens is 260 g/mol. The molecule has 0 aliphatic carbocycles. The first-order valence-electron chi connectivity index (χ1n) is 4.75. The summed E-state index contributed by atoms with van der Waals surface area (Å²) in [5.74, 6) is 0.518. The minimum atomic E-state index is -0.544. The predicted octanol–water partition coefficient (Wildman–Crippen LogP) is 2.41. The molecule has 2 aromatic rings. The first-order valence-corrected chi connectivity index (χ1v) is 5.13. The van der Waals surface area contributed by atoms with Gasteiger partial charge in [-0.25, -0.2) is 9.97 Å². The van der Waals surface area contributed by atoms with Crippen molar-refractivity contribution in [2.45, 2.75) is 0 Å². The number of nitro groups is 1. The molecule has 0 radical (unpaired) electrons. The van der Waals surface area contributed by atoms with Crippen molar-refractivity contribution in [1.29, 1.82) is 0 Å². The zero-order chi connectivity index (χ0) is 13.1. The first-order chi connectivity index (χ1) is 8.56. The lowest BCUT2D eigenvalue weighted by Crippen LogP contribution is -1.95. The second kappa shape index (κ2) is 4.84. The summed E-state index contributed by atoms with van der Waals surface area (Å²) >= 11 is 5.86. The molecule has 0 aliphatic heterocycles. The van der Waals surface area contributed by atoms with Crippen LogP contribution in [0, 0.1) is 10.1 Å². The molecule has 7 nitrogen and oxygen atoms in total. The van der Waals surface area contributed by atoms with E-state index in [2.05, 4.69) is 9.97 Å². The van der Waals surface area contributed by atoms with Gasteiger partial charge in [0.05, 0.1) is 28.4 Å². The number of hydrogen-bond donors (Lipinski definition) is 1. The lowest BCUT2D eigenvalue weighted by molar-refractivity contribution is -0.384. The SMILES string of the molecule is Nc1cnc(Oc2cc([N+](=O)[O-])ccc2Cl)cn1. The van der Waals surface area contributed by atoms with Crippen LogP contribution in [-0.2, 0) is 0 Å². The second-order valence-corrected chi connectivity index (χ2v) is 3.66. The molecule has 0 bridgehead atoms. The summed E-state index contributed by atoms with van der Waals surface area (Å²) in [4.78, 5) is 17.7. The molecule has 0 saturated heterocycles. The third kappa shape index (κ3) is 2.64. The number of halogens is 1. The number of non-ortho nitro benzene ring substituents is 1. The summed E-state index contributed by atoms with van der Waals surface area (Å²) in [6.45, 7) is 0. The van der Waals surface area contributed by atoms with Crippen molar-refractivity contribution in [1.82, 2.24) is 9.97 Å². The van der Waals surface area contributed by atoms with Crippen molar-refractivity contribution in [3.8, 4) is 11.6 Å². The van der Waals surface area contributed by atoms with Crippen LogP contribution in [-0.4, -0.2) is 14.9 Å². The van der Waals surface area contributed by atoms with E-state index in [0.717, 1.165) is 0 Å². The van der Waals surface area contributed by atoms with Gasteiger partial charge in [-0.05, 0) is 6.07 Å². The average Bonchev–Trinajstić information content (AvgIpc) is 2.34. The topological polar surface area (TPSA) is 104 Å². The number of nitrogens with two attached hydrogens (primary N) is 1. The van der Waals surface area contributed by atoms with Crippen molar-refractivity contribution in [3.63, 3.8) is 0 Å². The Labute approximate surface area is 106 Å². The summed E-state index contributed by atoms with van der Waals surface area (Å²) in [6, 6.07) is 3.87. The third-order valence-electron chi connectivity index (χ3n) is 1.99. The number of anilines is 1. The van der Waals surface area contributed by atoms with Gasteiger partial charge < -0.3 is 10.5 Å². The number of aromatic nitrogens is 2. The predicted molar refractivity (Wildman–Crippen MR) is 64.6 cm³/mol. The minimum absolute atomic E-state index is 0.127. The normalized spacial score (nSPS) is 10.1. The number of rotatable bonds is 3. The van der Waals surface area contributed by atoms with E-state index in [1.807, 2.05) is 0 Å². The summed E-state index contributed by atoms with van der Waals surface area (Å²) in [5.41, 5.74) is 5.24. The zero-order valence-corrected chi connectivity index (χ0v) is 9.66. The van der Waals surface area contributed by atoms with E-state index < -0.39 is 4.92 Å². The summed E-state index contributed by atoms with van der Waals surface area (Å²) in [5, 5.41) is 10.9. The maximum Gasteiger partial charge on any atom is 0.273 e. The molecule has 0 spiro atoms. The van der Waals surface area contributed by atoms with Crippen LogP contribution in [0.2, 0.25) is 5.02 Å². The van der Waals surface area contributed by atoms with Crippen molar-refractivity contribution in [2.24, 2.45) is 0 Å². The Morgan fingerprint density at radius 1 is 1.33 bits per heavy atom. The summed E-state index contributed by atoms with van der Waals surface area (Å²) < 4.78 is 5.29. The number of ether oxygens (including phenoxy) is 1. The zero-order valence-electron chi connectivity index (χ0n) is 8.91. The highest BCUT2D eigenvalue weighted by Gasteiger charge is 2.12. The Morgan fingerprint density at radius 3 is 2.72 bits per heavy atom. The molecule has 1 aromatic heterocycles. The molecule has 18 heavy (non-hydrogen) atoms. The smallest absolute Gasteiger partial charge is 0.273 e. The quantitative estimate of drug-likeness (QED) is 0.676. The highest BCUT2D eigenvalue weighted by molar-refractivity contribution is 6.32. The van der Waals surface area contributed by atoms with Crippen LogP contribution in [0.4, 0.5) is 11.5 Å². The molecule has 2 N–H and O–H groups in total. The molecule has 1 aromatic carbocycles. The van der Waals surface area contributed by atoms with Crippen molar-refractivity contribution in [3.05, 3.63) is 45.7 Å². The Bertz CT molecular complexity index is 588. The van der Waals surface area contributed by atoms with Gasteiger partial charge in [0.25, 0.3) is 5.69 Å². The first kappa shape index (κ1) is 12.1. The average molecular weight is 267 g/mol. The molecular formula is C10H7ClN4O3. The second-order valence-electron chi connectivity index (χ2n) is 3.25. The molecule has 0 aliphatic rings. The standard InChI is InChI=1S/C10H7ClN4O3/c11-7-2-1-6(15(16)17)3-8(7)18-10-5-13-9(12)4-14-10/h1-5H,(H2,12,13). The van der Waals surface area contributed by atoms with Crippen LogP contribution in [0.25, 0.3) is 0 Å². The van der Waals surface area contributed by atoms with Crippen LogP contribution in [0.3, 0.4) is 0 Å². The van der Waals surface area contributed by atoms with Crippen molar-refractivity contribution in [2.75, 3.05) is 5.73 Å². The van der Waals surface area contributed by atoms with Gasteiger partial charge in [-0.3, -0.25) is 10.1 Å². The van der Waals surface area contributed by atoms with E-state index in [1.54, 1.807) is 0 Å². The van der Waals surface area contributed by atoms with Gasteiger partial charge in [0.1, 0.15) is 5.82 Å².